The van der Waals surface area contributed by atoms with Crippen LogP contribution in [-0.4, -0.2) is 23.9 Å². The van der Waals surface area contributed by atoms with Crippen molar-refractivity contribution in [1.29, 1.82) is 0 Å². The third-order valence-electron chi connectivity index (χ3n) is 4.21. The Kier molecular flexibility index (Phi) is 3.50. The summed E-state index contributed by atoms with van der Waals surface area (Å²) >= 11 is 0. The Morgan fingerprint density at radius 1 is 1.33 bits per heavy atom. The molecule has 1 fully saturated rings. The first-order chi connectivity index (χ1) is 11.7. The van der Waals surface area contributed by atoms with Crippen molar-refractivity contribution in [1.82, 2.24) is 10.5 Å². The van der Waals surface area contributed by atoms with Crippen LogP contribution in [0.15, 0.2) is 52.1 Å². The fourth-order valence-electron chi connectivity index (χ4n) is 2.68. The number of amidine groups is 1. The first kappa shape index (κ1) is 14.8. The molecule has 4 rings (SSSR count). The third kappa shape index (κ3) is 2.85. The van der Waals surface area contributed by atoms with E-state index in [1.54, 1.807) is 7.11 Å². The fourth-order valence-corrected chi connectivity index (χ4v) is 2.68. The Hall–Kier alpha value is -2.80. The molecule has 0 saturated heterocycles. The second-order valence-corrected chi connectivity index (χ2v) is 6.00. The van der Waals surface area contributed by atoms with Gasteiger partial charge in [0.25, 0.3) is 0 Å². The molecule has 24 heavy (non-hydrogen) atoms. The normalized spacial score (nSPS) is 22.7. The third-order valence-corrected chi connectivity index (χ3v) is 4.21. The van der Waals surface area contributed by atoms with Gasteiger partial charge in [-0.25, -0.2) is 4.99 Å². The summed E-state index contributed by atoms with van der Waals surface area (Å²) in [4.78, 5) is 4.56. The molecule has 2 heterocycles. The van der Waals surface area contributed by atoms with Gasteiger partial charge < -0.3 is 19.9 Å². The average Bonchev–Trinajstić information content (AvgIpc) is 3.37. The van der Waals surface area contributed by atoms with Crippen LogP contribution in [0.3, 0.4) is 0 Å². The summed E-state index contributed by atoms with van der Waals surface area (Å²) in [7, 11) is 1.64. The van der Waals surface area contributed by atoms with Gasteiger partial charge in [-0.15, -0.1) is 0 Å². The number of nitrogens with two attached hydrogens (primary N) is 1. The highest BCUT2D eigenvalue weighted by Gasteiger charge is 2.43. The van der Waals surface area contributed by atoms with E-state index in [2.05, 4.69) is 20.8 Å². The van der Waals surface area contributed by atoms with Gasteiger partial charge in [-0.05, 0) is 43.2 Å². The van der Waals surface area contributed by atoms with Crippen LogP contribution in [0.4, 0.5) is 5.88 Å². The Morgan fingerprint density at radius 2 is 2.12 bits per heavy atom. The van der Waals surface area contributed by atoms with Crippen LogP contribution in [-0.2, 0) is 0 Å². The molecule has 0 radical (unpaired) electrons. The zero-order valence-corrected chi connectivity index (χ0v) is 13.3. The number of rotatable bonds is 4. The number of nitrogens with one attached hydrogen (secondary N) is 2. The first-order valence-electron chi connectivity index (χ1n) is 7.87. The van der Waals surface area contributed by atoms with Crippen molar-refractivity contribution >= 4 is 11.7 Å². The van der Waals surface area contributed by atoms with E-state index in [0.29, 0.717) is 17.6 Å². The molecule has 1 aromatic heterocycles. The monoisotopic (exact) mass is 325 g/mol. The van der Waals surface area contributed by atoms with Gasteiger partial charge in [0, 0.05) is 23.7 Å². The van der Waals surface area contributed by atoms with E-state index in [0.717, 1.165) is 29.8 Å². The number of nitrogens with zero attached hydrogens (tertiary/aromatic N) is 2. The summed E-state index contributed by atoms with van der Waals surface area (Å²) in [6.07, 6.45) is 5.83. The van der Waals surface area contributed by atoms with Gasteiger partial charge in [0.1, 0.15) is 17.3 Å². The van der Waals surface area contributed by atoms with Crippen molar-refractivity contribution in [2.24, 2.45) is 16.6 Å². The summed E-state index contributed by atoms with van der Waals surface area (Å²) in [6.45, 7) is 0. The summed E-state index contributed by atoms with van der Waals surface area (Å²) in [5.41, 5.74) is 7.97. The fraction of sp³-hybridized carbons (Fsp3) is 0.294. The maximum Gasteiger partial charge on any atom is 0.230 e. The highest BCUT2D eigenvalue weighted by atomic mass is 16.5. The van der Waals surface area contributed by atoms with Gasteiger partial charge in [-0.2, -0.15) is 0 Å². The molecule has 1 aliphatic carbocycles. The van der Waals surface area contributed by atoms with E-state index in [1.165, 1.54) is 0 Å². The quantitative estimate of drug-likeness (QED) is 0.798. The molecule has 7 nitrogen and oxygen atoms in total. The molecule has 124 valence electrons. The second-order valence-electron chi connectivity index (χ2n) is 6.00. The zero-order valence-electron chi connectivity index (χ0n) is 13.3. The van der Waals surface area contributed by atoms with Crippen molar-refractivity contribution in [3.05, 3.63) is 42.6 Å². The van der Waals surface area contributed by atoms with Crippen LogP contribution in [0.25, 0.3) is 11.3 Å². The number of aliphatic imine (C=N–C) groups is 1. The number of hydrogen-bond acceptors (Lipinski definition) is 7. The van der Waals surface area contributed by atoms with E-state index >= 15 is 0 Å². The molecule has 0 amide bonds. The zero-order chi connectivity index (χ0) is 16.6. The van der Waals surface area contributed by atoms with Gasteiger partial charge in [0.15, 0.2) is 5.79 Å². The van der Waals surface area contributed by atoms with Crippen molar-refractivity contribution in [3.8, 4) is 17.0 Å². The lowest BCUT2D eigenvalue weighted by atomic mass is 10.1. The van der Waals surface area contributed by atoms with Crippen molar-refractivity contribution < 1.29 is 9.26 Å². The molecule has 1 atom stereocenters. The lowest BCUT2D eigenvalue weighted by Crippen LogP contribution is -2.54. The number of methoxy groups -OCH3 is 1. The lowest BCUT2D eigenvalue weighted by molar-refractivity contribution is 0.341. The predicted octanol–water partition coefficient (Wildman–Crippen LogP) is 2.30. The number of hydrogen-bond donors (Lipinski definition) is 3. The van der Waals surface area contributed by atoms with Crippen molar-refractivity contribution in [2.45, 2.75) is 18.6 Å². The molecule has 1 saturated carbocycles. The molecule has 7 heteroatoms. The van der Waals surface area contributed by atoms with Crippen LogP contribution in [0.2, 0.25) is 0 Å². The molecule has 0 spiro atoms. The largest absolute Gasteiger partial charge is 0.497 e. The van der Waals surface area contributed by atoms with Crippen LogP contribution < -0.4 is 21.1 Å². The van der Waals surface area contributed by atoms with E-state index in [4.69, 9.17) is 15.0 Å². The van der Waals surface area contributed by atoms with Gasteiger partial charge in [0.05, 0.1) is 7.11 Å². The van der Waals surface area contributed by atoms with E-state index in [-0.39, 0.29) is 0 Å². The number of benzene rings is 1. The van der Waals surface area contributed by atoms with Crippen LogP contribution >= 0.6 is 0 Å². The summed E-state index contributed by atoms with van der Waals surface area (Å²) in [5.74, 6) is 1.62. The van der Waals surface area contributed by atoms with Gasteiger partial charge >= 0.3 is 0 Å². The van der Waals surface area contributed by atoms with Crippen LogP contribution in [0.5, 0.6) is 5.75 Å². The summed E-state index contributed by atoms with van der Waals surface area (Å²) in [5, 5.41) is 10.3. The topological polar surface area (TPSA) is 97.7 Å². The summed E-state index contributed by atoms with van der Waals surface area (Å²) < 4.78 is 10.5. The lowest BCUT2D eigenvalue weighted by Gasteiger charge is -2.29. The van der Waals surface area contributed by atoms with E-state index in [9.17, 15) is 0 Å². The minimum absolute atomic E-state index is 0.379. The predicted molar refractivity (Wildman–Crippen MR) is 91.5 cm³/mol. The minimum atomic E-state index is -0.726. The first-order valence-corrected chi connectivity index (χ1v) is 7.87. The Labute approximate surface area is 139 Å². The molecular weight excluding hydrogens is 306 g/mol. The van der Waals surface area contributed by atoms with Gasteiger partial charge in [-0.1, -0.05) is 5.16 Å². The van der Waals surface area contributed by atoms with Crippen LogP contribution in [0.1, 0.15) is 12.8 Å². The second kappa shape index (κ2) is 5.68. The van der Waals surface area contributed by atoms with E-state index in [1.807, 2.05) is 42.6 Å². The maximum absolute atomic E-state index is 6.28. The highest BCUT2D eigenvalue weighted by molar-refractivity contribution is 6.03. The molecule has 1 aliphatic heterocycles. The number of ether oxygens (including phenoxy) is 1. The van der Waals surface area contributed by atoms with Crippen molar-refractivity contribution in [3.63, 3.8) is 0 Å². The molecule has 2 aromatic rings. The Balaban J connectivity index is 1.50. The Morgan fingerprint density at radius 3 is 2.83 bits per heavy atom. The molecule has 0 bridgehead atoms. The van der Waals surface area contributed by atoms with Gasteiger partial charge in [-0.3, -0.25) is 5.73 Å². The van der Waals surface area contributed by atoms with Crippen molar-refractivity contribution in [2.75, 3.05) is 12.4 Å². The molecular formula is C17H19N5O2. The number of aromatic nitrogens is 1. The Bertz CT molecular complexity index is 792. The molecule has 1 unspecified atom stereocenters. The molecule has 4 N–H and O–H groups in total. The molecule has 2 aliphatic rings. The van der Waals surface area contributed by atoms with Crippen LogP contribution in [0, 0.1) is 5.92 Å². The average molecular weight is 325 g/mol. The molecule has 1 aromatic carbocycles. The van der Waals surface area contributed by atoms with E-state index < -0.39 is 5.79 Å². The number of anilines is 1. The smallest absolute Gasteiger partial charge is 0.230 e. The highest BCUT2D eigenvalue weighted by Crippen LogP contribution is 2.38. The standard InChI is InChI=1S/C17H19N5O2/c1-23-13-6-2-11(3-7-13)14-10-16(24-22-14)20-15-8-9-19-17(18,21-15)12-4-5-12/h2-3,6-10,12,19H,4-5,18H2,1H3,(H,20,21). The maximum atomic E-state index is 6.28. The van der Waals surface area contributed by atoms with Gasteiger partial charge in [0.2, 0.25) is 5.88 Å². The minimum Gasteiger partial charge on any atom is -0.497 e. The SMILES string of the molecule is COc1ccc(-c2cc(NC3=NC(N)(C4CC4)NC=C3)on2)cc1. The summed E-state index contributed by atoms with van der Waals surface area (Å²) in [6, 6.07) is 9.46.